The van der Waals surface area contributed by atoms with E-state index in [4.69, 9.17) is 9.47 Å². The predicted molar refractivity (Wildman–Crippen MR) is 69.3 cm³/mol. The summed E-state index contributed by atoms with van der Waals surface area (Å²) in [6.45, 7) is 0. The van der Waals surface area contributed by atoms with Gasteiger partial charge in [-0.15, -0.1) is 0 Å². The van der Waals surface area contributed by atoms with Gasteiger partial charge in [0.05, 0.1) is 18.0 Å². The van der Waals surface area contributed by atoms with Crippen LogP contribution in [0.15, 0.2) is 18.3 Å². The van der Waals surface area contributed by atoms with E-state index in [9.17, 15) is 14.9 Å². The third-order valence-corrected chi connectivity index (χ3v) is 3.43. The molecule has 20 heavy (non-hydrogen) atoms. The Kier molecular flexibility index (Phi) is 4.49. The average molecular weight is 280 g/mol. The number of pyridine rings is 1. The number of carbonyl (C=O) groups excluding carboxylic acids is 1. The van der Waals surface area contributed by atoms with Gasteiger partial charge in [-0.05, 0) is 25.7 Å². The molecule has 0 N–H and O–H groups in total. The van der Waals surface area contributed by atoms with Crippen molar-refractivity contribution >= 4 is 11.7 Å². The molecule has 0 unspecified atom stereocenters. The topological polar surface area (TPSA) is 91.6 Å². The maximum Gasteiger partial charge on any atom is 0.308 e. The van der Waals surface area contributed by atoms with Crippen molar-refractivity contribution in [2.75, 3.05) is 7.11 Å². The lowest BCUT2D eigenvalue weighted by Crippen LogP contribution is -2.28. The first kappa shape index (κ1) is 14.2. The maximum atomic E-state index is 11.4. The van der Waals surface area contributed by atoms with Crippen molar-refractivity contribution in [3.8, 4) is 5.88 Å². The van der Waals surface area contributed by atoms with Gasteiger partial charge >= 0.3 is 5.97 Å². The van der Waals surface area contributed by atoms with Crippen LogP contribution in [0, 0.1) is 16.0 Å². The van der Waals surface area contributed by atoms with Crippen LogP contribution in [-0.4, -0.2) is 29.1 Å². The molecule has 1 aromatic rings. The van der Waals surface area contributed by atoms with Crippen molar-refractivity contribution in [2.45, 2.75) is 31.8 Å². The van der Waals surface area contributed by atoms with Gasteiger partial charge in [0.25, 0.3) is 5.69 Å². The van der Waals surface area contributed by atoms with Crippen LogP contribution in [0.1, 0.15) is 25.7 Å². The number of aromatic nitrogens is 1. The Labute approximate surface area is 116 Å². The van der Waals surface area contributed by atoms with Crippen molar-refractivity contribution in [2.24, 2.45) is 5.92 Å². The van der Waals surface area contributed by atoms with Gasteiger partial charge in [-0.1, -0.05) is 0 Å². The lowest BCUT2D eigenvalue weighted by atomic mass is 9.87. The minimum absolute atomic E-state index is 0.00939. The van der Waals surface area contributed by atoms with E-state index < -0.39 is 4.92 Å². The fourth-order valence-corrected chi connectivity index (χ4v) is 2.30. The van der Waals surface area contributed by atoms with Crippen molar-refractivity contribution in [3.63, 3.8) is 0 Å². The smallest absolute Gasteiger partial charge is 0.308 e. The fourth-order valence-electron chi connectivity index (χ4n) is 2.30. The number of carbonyl (C=O) groups is 1. The molecule has 0 aromatic carbocycles. The molecule has 108 valence electrons. The van der Waals surface area contributed by atoms with E-state index in [1.807, 2.05) is 0 Å². The summed E-state index contributed by atoms with van der Waals surface area (Å²) in [5, 5.41) is 10.5. The number of ether oxygens (including phenoxy) is 2. The molecule has 0 saturated heterocycles. The SMILES string of the molecule is COC(=O)C1CCC(Oc2ccc([N+](=O)[O-])cn2)CC1. The summed E-state index contributed by atoms with van der Waals surface area (Å²) in [7, 11) is 1.39. The van der Waals surface area contributed by atoms with Crippen molar-refractivity contribution in [3.05, 3.63) is 28.4 Å². The number of hydrogen-bond acceptors (Lipinski definition) is 6. The monoisotopic (exact) mass is 280 g/mol. The zero-order valence-electron chi connectivity index (χ0n) is 11.2. The molecule has 0 radical (unpaired) electrons. The van der Waals surface area contributed by atoms with Crippen LogP contribution in [0.4, 0.5) is 5.69 Å². The first-order valence-electron chi connectivity index (χ1n) is 6.45. The summed E-state index contributed by atoms with van der Waals surface area (Å²) in [5.41, 5.74) is -0.0632. The van der Waals surface area contributed by atoms with Crippen LogP contribution in [0.25, 0.3) is 0 Å². The van der Waals surface area contributed by atoms with Crippen LogP contribution in [0.5, 0.6) is 5.88 Å². The number of nitrogens with zero attached hydrogens (tertiary/aromatic N) is 2. The Bertz CT molecular complexity index is 480. The van der Waals surface area contributed by atoms with Gasteiger partial charge in [0.1, 0.15) is 12.3 Å². The van der Waals surface area contributed by atoms with Crippen LogP contribution in [-0.2, 0) is 9.53 Å². The van der Waals surface area contributed by atoms with Gasteiger partial charge in [-0.25, -0.2) is 4.98 Å². The quantitative estimate of drug-likeness (QED) is 0.476. The van der Waals surface area contributed by atoms with Crippen LogP contribution < -0.4 is 4.74 Å². The van der Waals surface area contributed by atoms with Crippen LogP contribution in [0.2, 0.25) is 0 Å². The van der Waals surface area contributed by atoms with E-state index in [1.54, 1.807) is 0 Å². The molecular formula is C13H16N2O5. The Morgan fingerprint density at radius 1 is 1.35 bits per heavy atom. The van der Waals surface area contributed by atoms with E-state index >= 15 is 0 Å². The second-order valence-electron chi connectivity index (χ2n) is 4.73. The largest absolute Gasteiger partial charge is 0.474 e. The molecule has 7 nitrogen and oxygen atoms in total. The number of rotatable bonds is 4. The standard InChI is InChI=1S/C13H16N2O5/c1-19-13(16)9-2-5-11(6-3-9)20-12-7-4-10(8-14-12)15(17)18/h4,7-9,11H,2-3,5-6H2,1H3. The highest BCUT2D eigenvalue weighted by Crippen LogP contribution is 2.28. The molecule has 0 amide bonds. The Morgan fingerprint density at radius 3 is 2.55 bits per heavy atom. The Balaban J connectivity index is 1.86. The summed E-state index contributed by atoms with van der Waals surface area (Å²) in [6.07, 6.45) is 4.12. The molecule has 2 rings (SSSR count). The van der Waals surface area contributed by atoms with Gasteiger partial charge in [0.2, 0.25) is 5.88 Å². The van der Waals surface area contributed by atoms with Gasteiger partial charge in [-0.3, -0.25) is 14.9 Å². The van der Waals surface area contributed by atoms with Crippen LogP contribution >= 0.6 is 0 Å². The maximum absolute atomic E-state index is 11.4. The second-order valence-corrected chi connectivity index (χ2v) is 4.73. The molecule has 0 spiro atoms. The zero-order chi connectivity index (χ0) is 14.5. The second kappa shape index (κ2) is 6.31. The predicted octanol–water partition coefficient (Wildman–Crippen LogP) is 2.10. The molecule has 1 saturated carbocycles. The van der Waals surface area contributed by atoms with Gasteiger partial charge in [0.15, 0.2) is 0 Å². The zero-order valence-corrected chi connectivity index (χ0v) is 11.2. The highest BCUT2D eigenvalue weighted by Gasteiger charge is 2.28. The van der Waals surface area contributed by atoms with Crippen molar-refractivity contribution in [1.29, 1.82) is 0 Å². The van der Waals surface area contributed by atoms with E-state index in [0.717, 1.165) is 25.7 Å². The minimum atomic E-state index is -0.502. The Hall–Kier alpha value is -2.18. The molecule has 0 atom stereocenters. The fraction of sp³-hybridized carbons (Fsp3) is 0.538. The number of hydrogen-bond donors (Lipinski definition) is 0. The summed E-state index contributed by atoms with van der Waals surface area (Å²) in [6, 6.07) is 2.85. The highest BCUT2D eigenvalue weighted by atomic mass is 16.6. The first-order valence-corrected chi connectivity index (χ1v) is 6.45. The molecule has 7 heteroatoms. The molecule has 0 bridgehead atoms. The van der Waals surface area contributed by atoms with Crippen molar-refractivity contribution in [1.82, 2.24) is 4.98 Å². The lowest BCUT2D eigenvalue weighted by Gasteiger charge is -2.26. The third-order valence-electron chi connectivity index (χ3n) is 3.43. The van der Waals surface area contributed by atoms with Gasteiger partial charge in [-0.2, -0.15) is 0 Å². The molecule has 1 aromatic heterocycles. The first-order chi connectivity index (χ1) is 9.60. The van der Waals surface area contributed by atoms with E-state index in [0.29, 0.717) is 5.88 Å². The number of nitro groups is 1. The summed E-state index contributed by atoms with van der Waals surface area (Å²) in [4.78, 5) is 25.3. The molecule has 1 aliphatic carbocycles. The summed E-state index contributed by atoms with van der Waals surface area (Å²) in [5.74, 6) is 0.152. The number of esters is 1. The van der Waals surface area contributed by atoms with Crippen molar-refractivity contribution < 1.29 is 19.2 Å². The molecule has 1 heterocycles. The van der Waals surface area contributed by atoms with Crippen LogP contribution in [0.3, 0.4) is 0 Å². The highest BCUT2D eigenvalue weighted by molar-refractivity contribution is 5.72. The molecule has 1 fully saturated rings. The third kappa shape index (κ3) is 3.43. The summed E-state index contributed by atoms with van der Waals surface area (Å²) >= 11 is 0. The molecule has 1 aliphatic rings. The van der Waals surface area contributed by atoms with E-state index in [-0.39, 0.29) is 23.7 Å². The average Bonchev–Trinajstić information content (AvgIpc) is 2.48. The number of methoxy groups -OCH3 is 1. The normalized spacial score (nSPS) is 22.1. The minimum Gasteiger partial charge on any atom is -0.474 e. The summed E-state index contributed by atoms with van der Waals surface area (Å²) < 4.78 is 10.4. The molecular weight excluding hydrogens is 264 g/mol. The van der Waals surface area contributed by atoms with E-state index in [1.165, 1.54) is 25.4 Å². The Morgan fingerprint density at radius 2 is 2.05 bits per heavy atom. The van der Waals surface area contributed by atoms with E-state index in [2.05, 4.69) is 4.98 Å². The lowest BCUT2D eigenvalue weighted by molar-refractivity contribution is -0.385. The molecule has 0 aliphatic heterocycles. The van der Waals surface area contributed by atoms with Gasteiger partial charge < -0.3 is 9.47 Å². The van der Waals surface area contributed by atoms with Gasteiger partial charge in [0, 0.05) is 12.1 Å².